The minimum Gasteiger partial charge on any atom is -0.324 e. The molecule has 0 aliphatic carbocycles. The molecular weight excluding hydrogens is 267 g/mol. The zero-order valence-electron chi connectivity index (χ0n) is 11.8. The third-order valence-electron chi connectivity index (χ3n) is 3.70. The third kappa shape index (κ3) is 2.52. The van der Waals surface area contributed by atoms with E-state index in [0.717, 1.165) is 23.3 Å². The van der Waals surface area contributed by atoms with Crippen molar-refractivity contribution >= 4 is 10.8 Å². The summed E-state index contributed by atoms with van der Waals surface area (Å²) in [5.74, 6) is 0.622. The standard InChI is InChI=1S/C16H17FN4/c1-2-21-16(19-10-20-21)9-15(18)13-7-8-14(17)12-6-4-3-5-11(12)13/h3-8,10,15H,2,9,18H2,1H3. The largest absolute Gasteiger partial charge is 0.324 e. The van der Waals surface area contributed by atoms with Gasteiger partial charge >= 0.3 is 0 Å². The van der Waals surface area contributed by atoms with Crippen molar-refractivity contribution in [3.8, 4) is 0 Å². The normalized spacial score (nSPS) is 12.7. The van der Waals surface area contributed by atoms with Crippen molar-refractivity contribution in [2.75, 3.05) is 0 Å². The Morgan fingerprint density at radius 3 is 2.71 bits per heavy atom. The Morgan fingerprint density at radius 2 is 1.95 bits per heavy atom. The van der Waals surface area contributed by atoms with Gasteiger partial charge in [0.15, 0.2) is 0 Å². The lowest BCUT2D eigenvalue weighted by Gasteiger charge is -2.15. The first kappa shape index (κ1) is 13.7. The fourth-order valence-corrected chi connectivity index (χ4v) is 2.63. The van der Waals surface area contributed by atoms with E-state index in [1.54, 1.807) is 12.1 Å². The zero-order chi connectivity index (χ0) is 14.8. The van der Waals surface area contributed by atoms with Gasteiger partial charge in [-0.15, -0.1) is 0 Å². The van der Waals surface area contributed by atoms with E-state index < -0.39 is 0 Å². The first-order valence-electron chi connectivity index (χ1n) is 7.00. The van der Waals surface area contributed by atoms with Crippen LogP contribution >= 0.6 is 0 Å². The molecule has 0 radical (unpaired) electrons. The Morgan fingerprint density at radius 1 is 1.19 bits per heavy atom. The number of fused-ring (bicyclic) bond motifs is 1. The molecule has 2 aromatic carbocycles. The van der Waals surface area contributed by atoms with E-state index in [2.05, 4.69) is 10.1 Å². The summed E-state index contributed by atoms with van der Waals surface area (Å²) in [7, 11) is 0. The Labute approximate surface area is 122 Å². The second-order valence-corrected chi connectivity index (χ2v) is 4.98. The van der Waals surface area contributed by atoms with Crippen molar-refractivity contribution in [2.45, 2.75) is 25.9 Å². The van der Waals surface area contributed by atoms with Crippen LogP contribution in [0.5, 0.6) is 0 Å². The van der Waals surface area contributed by atoms with Gasteiger partial charge in [-0.2, -0.15) is 5.10 Å². The Bertz CT molecular complexity index is 766. The quantitative estimate of drug-likeness (QED) is 0.801. The van der Waals surface area contributed by atoms with Gasteiger partial charge in [-0.3, -0.25) is 4.68 Å². The number of aryl methyl sites for hydroxylation is 1. The first-order chi connectivity index (χ1) is 10.2. The molecule has 3 aromatic rings. The maximum Gasteiger partial charge on any atom is 0.138 e. The number of hydrogen-bond acceptors (Lipinski definition) is 3. The fraction of sp³-hybridized carbons (Fsp3) is 0.250. The molecule has 3 rings (SSSR count). The van der Waals surface area contributed by atoms with Crippen molar-refractivity contribution < 1.29 is 4.39 Å². The van der Waals surface area contributed by atoms with Gasteiger partial charge in [0.05, 0.1) is 0 Å². The molecule has 1 heterocycles. The number of benzene rings is 2. The maximum absolute atomic E-state index is 13.9. The molecule has 2 N–H and O–H groups in total. The van der Waals surface area contributed by atoms with Crippen LogP contribution in [0, 0.1) is 5.82 Å². The SMILES string of the molecule is CCn1ncnc1CC(N)c1ccc(F)c2ccccc12. The molecule has 0 aliphatic rings. The van der Waals surface area contributed by atoms with Gasteiger partial charge < -0.3 is 5.73 Å². The van der Waals surface area contributed by atoms with Crippen molar-refractivity contribution in [1.29, 1.82) is 0 Å². The second kappa shape index (κ2) is 5.61. The summed E-state index contributed by atoms with van der Waals surface area (Å²) in [6.07, 6.45) is 2.11. The van der Waals surface area contributed by atoms with Gasteiger partial charge in [0.25, 0.3) is 0 Å². The first-order valence-corrected chi connectivity index (χ1v) is 7.00. The number of nitrogens with two attached hydrogens (primary N) is 1. The Balaban J connectivity index is 1.99. The average molecular weight is 284 g/mol. The molecule has 0 aliphatic heterocycles. The van der Waals surface area contributed by atoms with E-state index in [9.17, 15) is 4.39 Å². The summed E-state index contributed by atoms with van der Waals surface area (Å²) in [5.41, 5.74) is 7.25. The van der Waals surface area contributed by atoms with E-state index in [4.69, 9.17) is 5.73 Å². The predicted molar refractivity (Wildman–Crippen MR) is 80.2 cm³/mol. The highest BCUT2D eigenvalue weighted by Crippen LogP contribution is 2.26. The van der Waals surface area contributed by atoms with Gasteiger partial charge in [-0.1, -0.05) is 30.3 Å². The fourth-order valence-electron chi connectivity index (χ4n) is 2.63. The van der Waals surface area contributed by atoms with E-state index >= 15 is 0 Å². The monoisotopic (exact) mass is 284 g/mol. The highest BCUT2D eigenvalue weighted by atomic mass is 19.1. The molecule has 1 unspecified atom stereocenters. The van der Waals surface area contributed by atoms with Crippen LogP contribution in [0.2, 0.25) is 0 Å². The van der Waals surface area contributed by atoms with Crippen LogP contribution in [-0.2, 0) is 13.0 Å². The van der Waals surface area contributed by atoms with Crippen LogP contribution in [0.25, 0.3) is 10.8 Å². The van der Waals surface area contributed by atoms with Crippen LogP contribution in [0.4, 0.5) is 4.39 Å². The summed E-state index contributed by atoms with van der Waals surface area (Å²) in [6, 6.07) is 10.4. The summed E-state index contributed by atoms with van der Waals surface area (Å²) in [4.78, 5) is 4.25. The molecule has 1 atom stereocenters. The Hall–Kier alpha value is -2.27. The molecule has 0 spiro atoms. The minimum atomic E-state index is -0.245. The average Bonchev–Trinajstić information content (AvgIpc) is 2.95. The van der Waals surface area contributed by atoms with Crippen LogP contribution in [0.15, 0.2) is 42.7 Å². The molecular formula is C16H17FN4. The predicted octanol–water partition coefficient (Wildman–Crippen LogP) is 2.83. The summed E-state index contributed by atoms with van der Waals surface area (Å²) < 4.78 is 15.7. The van der Waals surface area contributed by atoms with E-state index in [1.807, 2.05) is 29.8 Å². The van der Waals surface area contributed by atoms with E-state index in [-0.39, 0.29) is 11.9 Å². The topological polar surface area (TPSA) is 56.7 Å². The number of halogens is 1. The molecule has 0 fully saturated rings. The molecule has 5 heteroatoms. The van der Waals surface area contributed by atoms with Gasteiger partial charge in [0.1, 0.15) is 18.0 Å². The van der Waals surface area contributed by atoms with E-state index in [1.165, 1.54) is 12.4 Å². The van der Waals surface area contributed by atoms with Crippen molar-refractivity contribution in [2.24, 2.45) is 5.73 Å². The lowest BCUT2D eigenvalue weighted by Crippen LogP contribution is -2.17. The van der Waals surface area contributed by atoms with Gasteiger partial charge in [0, 0.05) is 24.4 Å². The van der Waals surface area contributed by atoms with Gasteiger partial charge in [-0.25, -0.2) is 9.37 Å². The Kier molecular flexibility index (Phi) is 3.66. The smallest absolute Gasteiger partial charge is 0.138 e. The van der Waals surface area contributed by atoms with Crippen LogP contribution in [-0.4, -0.2) is 14.8 Å². The van der Waals surface area contributed by atoms with Crippen molar-refractivity contribution in [1.82, 2.24) is 14.8 Å². The van der Waals surface area contributed by atoms with Crippen molar-refractivity contribution in [3.05, 3.63) is 59.9 Å². The van der Waals surface area contributed by atoms with E-state index in [0.29, 0.717) is 11.8 Å². The highest BCUT2D eigenvalue weighted by molar-refractivity contribution is 5.86. The molecule has 4 nitrogen and oxygen atoms in total. The molecule has 0 amide bonds. The summed E-state index contributed by atoms with van der Waals surface area (Å²) in [5, 5.41) is 5.60. The number of aromatic nitrogens is 3. The zero-order valence-corrected chi connectivity index (χ0v) is 11.8. The summed E-state index contributed by atoms with van der Waals surface area (Å²) >= 11 is 0. The van der Waals surface area contributed by atoms with Crippen molar-refractivity contribution in [3.63, 3.8) is 0 Å². The van der Waals surface area contributed by atoms with Crippen LogP contribution in [0.1, 0.15) is 24.4 Å². The minimum absolute atomic E-state index is 0.224. The third-order valence-corrected chi connectivity index (χ3v) is 3.70. The number of nitrogens with zero attached hydrogens (tertiary/aromatic N) is 3. The maximum atomic E-state index is 13.9. The molecule has 21 heavy (non-hydrogen) atoms. The molecule has 0 saturated heterocycles. The lowest BCUT2D eigenvalue weighted by atomic mass is 9.97. The molecule has 108 valence electrons. The number of hydrogen-bond donors (Lipinski definition) is 1. The number of rotatable bonds is 4. The lowest BCUT2D eigenvalue weighted by molar-refractivity contribution is 0.581. The molecule has 1 aromatic heterocycles. The second-order valence-electron chi connectivity index (χ2n) is 4.98. The van der Waals surface area contributed by atoms with Crippen LogP contribution < -0.4 is 5.73 Å². The van der Waals surface area contributed by atoms with Crippen LogP contribution in [0.3, 0.4) is 0 Å². The van der Waals surface area contributed by atoms with Gasteiger partial charge in [0.2, 0.25) is 0 Å². The molecule has 0 bridgehead atoms. The highest BCUT2D eigenvalue weighted by Gasteiger charge is 2.15. The van der Waals surface area contributed by atoms with Gasteiger partial charge in [-0.05, 0) is 23.9 Å². The molecule has 0 saturated carbocycles. The summed E-state index contributed by atoms with van der Waals surface area (Å²) in [6.45, 7) is 2.77.